The zero-order valence-electron chi connectivity index (χ0n) is 26.7. The van der Waals surface area contributed by atoms with Crippen LogP contribution < -0.4 is 10.6 Å². The maximum atomic E-state index is 13.3. The molecule has 46 heavy (non-hydrogen) atoms. The number of aromatic nitrogens is 3. The van der Waals surface area contributed by atoms with E-state index in [1.54, 1.807) is 10.3 Å². The quantitative estimate of drug-likeness (QED) is 0.230. The number of thiazole rings is 1. The van der Waals surface area contributed by atoms with Gasteiger partial charge in [-0.15, -0.1) is 11.3 Å². The number of amides is 2. The Bertz CT molecular complexity index is 1670. The van der Waals surface area contributed by atoms with Crippen LogP contribution in [0.4, 0.5) is 5.95 Å². The summed E-state index contributed by atoms with van der Waals surface area (Å²) in [5.41, 5.74) is 4.53. The number of nitrogens with zero attached hydrogens (tertiary/aromatic N) is 3. The van der Waals surface area contributed by atoms with Gasteiger partial charge in [-0.3, -0.25) is 14.4 Å². The van der Waals surface area contributed by atoms with Crippen LogP contribution in [0.15, 0.2) is 64.7 Å². The molecule has 6 rings (SSSR count). The Morgan fingerprint density at radius 3 is 2.70 bits per heavy atom. The number of allylic oxidation sites excluding steroid dienone is 4. The predicted octanol–water partition coefficient (Wildman–Crippen LogP) is 6.41. The van der Waals surface area contributed by atoms with Crippen LogP contribution in [0.1, 0.15) is 87.6 Å². The number of para-hydroxylation sites is 2. The van der Waals surface area contributed by atoms with Gasteiger partial charge in [0.2, 0.25) is 11.9 Å². The molecule has 0 spiro atoms. The number of rotatable bonds is 9. The van der Waals surface area contributed by atoms with Crippen LogP contribution in [0.3, 0.4) is 0 Å². The van der Waals surface area contributed by atoms with Crippen molar-refractivity contribution in [2.24, 2.45) is 5.92 Å². The molecule has 0 unspecified atom stereocenters. The van der Waals surface area contributed by atoms with Gasteiger partial charge in [0.25, 0.3) is 5.91 Å². The van der Waals surface area contributed by atoms with Crippen molar-refractivity contribution in [1.29, 1.82) is 0 Å². The number of esters is 1. The highest BCUT2D eigenvalue weighted by Gasteiger charge is 2.30. The van der Waals surface area contributed by atoms with Crippen molar-refractivity contribution in [1.82, 2.24) is 25.2 Å². The minimum atomic E-state index is -0.567. The van der Waals surface area contributed by atoms with Gasteiger partial charge in [-0.25, -0.2) is 9.97 Å². The maximum absolute atomic E-state index is 13.3. The molecule has 1 aromatic carbocycles. The lowest BCUT2D eigenvalue weighted by molar-refractivity contribution is -0.154. The largest absolute Gasteiger partial charge is 0.460 e. The van der Waals surface area contributed by atoms with Crippen LogP contribution in [-0.4, -0.2) is 55.8 Å². The van der Waals surface area contributed by atoms with E-state index in [1.165, 1.54) is 11.3 Å². The van der Waals surface area contributed by atoms with Crippen molar-refractivity contribution in [3.05, 3.63) is 75.4 Å². The van der Waals surface area contributed by atoms with E-state index < -0.39 is 5.60 Å². The molecule has 2 amide bonds. The highest BCUT2D eigenvalue weighted by molar-refractivity contribution is 7.09. The van der Waals surface area contributed by atoms with Gasteiger partial charge in [0, 0.05) is 30.1 Å². The molecule has 1 fully saturated rings. The number of carbonyl (C=O) groups excluding carboxylic acids is 3. The molecule has 1 aliphatic heterocycles. The Hall–Kier alpha value is -4.25. The van der Waals surface area contributed by atoms with Gasteiger partial charge >= 0.3 is 5.97 Å². The highest BCUT2D eigenvalue weighted by Crippen LogP contribution is 2.35. The number of H-pyrrole nitrogens is 1. The van der Waals surface area contributed by atoms with Gasteiger partial charge in [-0.2, -0.15) is 0 Å². The third-order valence-corrected chi connectivity index (χ3v) is 9.50. The van der Waals surface area contributed by atoms with Crippen LogP contribution in [0.2, 0.25) is 0 Å². The smallest absolute Gasteiger partial charge is 0.310 e. The lowest BCUT2D eigenvalue weighted by atomic mass is 9.86. The molecule has 0 atom stereocenters. The van der Waals surface area contributed by atoms with Crippen molar-refractivity contribution in [2.45, 2.75) is 90.3 Å². The fourth-order valence-corrected chi connectivity index (χ4v) is 7.17. The summed E-state index contributed by atoms with van der Waals surface area (Å²) in [4.78, 5) is 53.3. The number of ether oxygens (including phenoxy) is 1. The van der Waals surface area contributed by atoms with Gasteiger partial charge < -0.3 is 25.3 Å². The van der Waals surface area contributed by atoms with Crippen LogP contribution in [-0.2, 0) is 20.9 Å². The Kier molecular flexibility index (Phi) is 9.39. The van der Waals surface area contributed by atoms with Gasteiger partial charge in [0.05, 0.1) is 24.0 Å². The second kappa shape index (κ2) is 13.6. The van der Waals surface area contributed by atoms with Crippen molar-refractivity contribution in [2.75, 3.05) is 11.9 Å². The number of aromatic amines is 1. The fraction of sp³-hybridized carbons (Fsp3) is 0.457. The average molecular weight is 643 g/mol. The predicted molar refractivity (Wildman–Crippen MR) is 179 cm³/mol. The highest BCUT2D eigenvalue weighted by atomic mass is 32.1. The van der Waals surface area contributed by atoms with E-state index in [0.29, 0.717) is 48.5 Å². The van der Waals surface area contributed by atoms with E-state index >= 15 is 0 Å². The molecule has 1 saturated carbocycles. The molecule has 3 heterocycles. The van der Waals surface area contributed by atoms with Crippen LogP contribution >= 0.6 is 11.3 Å². The first-order valence-electron chi connectivity index (χ1n) is 16.2. The molecule has 0 bridgehead atoms. The van der Waals surface area contributed by atoms with Gasteiger partial charge in [0.1, 0.15) is 16.3 Å². The summed E-state index contributed by atoms with van der Waals surface area (Å²) in [6.07, 6.45) is 11.6. The average Bonchev–Trinajstić information content (AvgIpc) is 3.64. The fourth-order valence-electron chi connectivity index (χ4n) is 6.40. The number of carbonyl (C=O) groups is 3. The van der Waals surface area contributed by atoms with E-state index in [4.69, 9.17) is 4.74 Å². The molecule has 3 N–H and O–H groups in total. The lowest BCUT2D eigenvalue weighted by Crippen LogP contribution is -2.34. The van der Waals surface area contributed by atoms with Gasteiger partial charge in [0.15, 0.2) is 0 Å². The monoisotopic (exact) mass is 642 g/mol. The topological polar surface area (TPSA) is 129 Å². The third-order valence-electron chi connectivity index (χ3n) is 8.66. The molecular weight excluding hydrogens is 600 g/mol. The molecule has 3 aliphatic rings. The Morgan fingerprint density at radius 2 is 1.91 bits per heavy atom. The minimum absolute atomic E-state index is 0.0233. The molecule has 11 heteroatoms. The second-order valence-corrected chi connectivity index (χ2v) is 14.3. The number of hydrogen-bond acceptors (Lipinski definition) is 8. The number of fused-ring (bicyclic) bond motifs is 2. The zero-order valence-corrected chi connectivity index (χ0v) is 27.5. The van der Waals surface area contributed by atoms with Crippen molar-refractivity contribution in [3.8, 4) is 0 Å². The first-order chi connectivity index (χ1) is 22.1. The third kappa shape index (κ3) is 7.75. The summed E-state index contributed by atoms with van der Waals surface area (Å²) < 4.78 is 5.57. The Morgan fingerprint density at radius 1 is 1.11 bits per heavy atom. The van der Waals surface area contributed by atoms with Crippen LogP contribution in [0.5, 0.6) is 0 Å². The standard InChI is InChI=1S/C35H42N6O4S/c1-35(2,3)45-32(43)18-23-14-17-31(42)41(29-11-7-4-8-25(23)29)20-30-38-28(21-46-30)33(44)36-19-22-12-15-24(16-13-22)37-34-39-26-9-5-6-10-27(26)40-34/h4-7,9-11,21-22,24H,8,12-20H2,1-3H3,(H,36,44)(H2,37,39,40). The van der Waals surface area contributed by atoms with E-state index in [2.05, 4.69) is 25.6 Å². The summed E-state index contributed by atoms with van der Waals surface area (Å²) in [5.74, 6) is 0.727. The van der Waals surface area contributed by atoms with E-state index in [0.717, 1.165) is 59.5 Å². The van der Waals surface area contributed by atoms with E-state index in [9.17, 15) is 14.4 Å². The first-order valence-corrected chi connectivity index (χ1v) is 17.0. The Balaban J connectivity index is 1.01. The number of benzene rings is 1. The first kappa shape index (κ1) is 31.7. The molecule has 0 radical (unpaired) electrons. The number of nitrogens with one attached hydrogen (secondary N) is 3. The second-order valence-electron chi connectivity index (χ2n) is 13.3. The number of imidazole rings is 1. The molecule has 0 saturated heterocycles. The maximum Gasteiger partial charge on any atom is 0.310 e. The zero-order chi connectivity index (χ0) is 32.3. The number of hydrogen-bond donors (Lipinski definition) is 3. The van der Waals surface area contributed by atoms with Crippen molar-refractivity contribution < 1.29 is 19.1 Å². The van der Waals surface area contributed by atoms with E-state index in [-0.39, 0.29) is 30.7 Å². The van der Waals surface area contributed by atoms with Crippen molar-refractivity contribution >= 4 is 46.1 Å². The Labute approximate surface area is 273 Å². The van der Waals surface area contributed by atoms with Gasteiger partial charge in [-0.05, 0) is 89.0 Å². The molecule has 242 valence electrons. The van der Waals surface area contributed by atoms with Crippen LogP contribution in [0.25, 0.3) is 11.0 Å². The number of anilines is 1. The lowest BCUT2D eigenvalue weighted by Gasteiger charge is -2.29. The molecule has 3 aromatic rings. The summed E-state index contributed by atoms with van der Waals surface area (Å²) in [7, 11) is 0. The molecule has 10 nitrogen and oxygen atoms in total. The van der Waals surface area contributed by atoms with Gasteiger partial charge in [-0.1, -0.05) is 29.9 Å². The summed E-state index contributed by atoms with van der Waals surface area (Å²) >= 11 is 1.38. The molecule has 2 aliphatic carbocycles. The molecule has 2 aromatic heterocycles. The normalized spacial score (nSPS) is 20.3. The summed E-state index contributed by atoms with van der Waals surface area (Å²) in [6.45, 7) is 6.45. The minimum Gasteiger partial charge on any atom is -0.460 e. The van der Waals surface area contributed by atoms with E-state index in [1.807, 2.05) is 63.3 Å². The molecular formula is C35H42N6O4S. The summed E-state index contributed by atoms with van der Waals surface area (Å²) in [5, 5.41) is 9.09. The SMILES string of the molecule is CC(C)(C)OC(=O)CC1=C2CC=CC=C2N(Cc2nc(C(=O)NCC3CCC(Nc4nc5ccccc5[nH]4)CC3)cs2)C(=O)CC1. The summed E-state index contributed by atoms with van der Waals surface area (Å²) in [6, 6.07) is 8.37. The van der Waals surface area contributed by atoms with Crippen LogP contribution in [0, 0.1) is 5.92 Å². The van der Waals surface area contributed by atoms with Crippen molar-refractivity contribution in [3.63, 3.8) is 0 Å².